The van der Waals surface area contributed by atoms with Crippen LogP contribution >= 0.6 is 7.60 Å². The van der Waals surface area contributed by atoms with E-state index in [1.165, 1.54) is 28.2 Å². The van der Waals surface area contributed by atoms with E-state index in [4.69, 9.17) is 18.5 Å². The second kappa shape index (κ2) is 10.6. The SMILES string of the molecule is CN(C)C(=O)OCOP(=O)(CCN1CCCNc2c1c(=O)c2=O)OCOC(=O)N(C)C. The number of anilines is 2. The predicted molar refractivity (Wildman–Crippen MR) is 111 cm³/mol. The van der Waals surface area contributed by atoms with Crippen molar-refractivity contribution >= 4 is 31.2 Å². The number of hydrogen-bond donors (Lipinski definition) is 1. The minimum Gasteiger partial charge on any atom is -0.422 e. The van der Waals surface area contributed by atoms with E-state index in [0.717, 1.165) is 9.80 Å². The number of ether oxygens (including phenoxy) is 2. The van der Waals surface area contributed by atoms with Crippen molar-refractivity contribution in [2.24, 2.45) is 0 Å². The maximum Gasteiger partial charge on any atom is 0.411 e. The van der Waals surface area contributed by atoms with Crippen LogP contribution in [0.15, 0.2) is 9.59 Å². The van der Waals surface area contributed by atoms with Gasteiger partial charge < -0.3 is 29.5 Å². The van der Waals surface area contributed by atoms with Gasteiger partial charge in [-0.25, -0.2) is 9.59 Å². The van der Waals surface area contributed by atoms with Crippen molar-refractivity contribution < 1.29 is 32.7 Å². The van der Waals surface area contributed by atoms with E-state index < -0.39 is 44.2 Å². The van der Waals surface area contributed by atoms with Crippen LogP contribution in [-0.4, -0.2) is 89.6 Å². The Morgan fingerprint density at radius 3 is 2.06 bits per heavy atom. The fourth-order valence-electron chi connectivity index (χ4n) is 2.65. The van der Waals surface area contributed by atoms with E-state index in [1.54, 1.807) is 4.90 Å². The number of amides is 2. The predicted octanol–water partition coefficient (Wildman–Crippen LogP) is 0.442. The molecule has 31 heavy (non-hydrogen) atoms. The van der Waals surface area contributed by atoms with E-state index in [-0.39, 0.29) is 24.1 Å². The summed E-state index contributed by atoms with van der Waals surface area (Å²) in [5, 5.41) is 2.91. The Morgan fingerprint density at radius 1 is 1.00 bits per heavy atom. The molecule has 0 fully saturated rings. The molecular weight excluding hydrogens is 435 g/mol. The summed E-state index contributed by atoms with van der Waals surface area (Å²) in [4.78, 5) is 50.7. The van der Waals surface area contributed by atoms with Crippen molar-refractivity contribution in [3.63, 3.8) is 0 Å². The van der Waals surface area contributed by atoms with Crippen LogP contribution in [0.2, 0.25) is 0 Å². The maximum atomic E-state index is 13.1. The molecule has 174 valence electrons. The zero-order valence-corrected chi connectivity index (χ0v) is 18.8. The molecule has 0 saturated carbocycles. The smallest absolute Gasteiger partial charge is 0.411 e. The first-order valence-electron chi connectivity index (χ1n) is 9.44. The highest BCUT2D eigenvalue weighted by atomic mass is 31.2. The van der Waals surface area contributed by atoms with Crippen molar-refractivity contribution in [3.8, 4) is 0 Å². The van der Waals surface area contributed by atoms with Crippen LogP contribution in [0.5, 0.6) is 0 Å². The maximum absolute atomic E-state index is 13.1. The van der Waals surface area contributed by atoms with Gasteiger partial charge in [0.2, 0.25) is 13.6 Å². The monoisotopic (exact) mass is 462 g/mol. The minimum atomic E-state index is -3.90. The third-order valence-corrected chi connectivity index (χ3v) is 6.09. The first-order valence-corrected chi connectivity index (χ1v) is 11.2. The summed E-state index contributed by atoms with van der Waals surface area (Å²) in [6, 6.07) is 0. The lowest BCUT2D eigenvalue weighted by molar-refractivity contribution is 0.00696. The Bertz CT molecular complexity index is 880. The van der Waals surface area contributed by atoms with E-state index in [9.17, 15) is 23.7 Å². The average molecular weight is 462 g/mol. The van der Waals surface area contributed by atoms with Crippen molar-refractivity contribution in [1.82, 2.24) is 9.80 Å². The molecule has 1 aliphatic heterocycles. The van der Waals surface area contributed by atoms with Gasteiger partial charge in [-0.15, -0.1) is 0 Å². The third kappa shape index (κ3) is 6.42. The molecule has 13 nitrogen and oxygen atoms in total. The van der Waals surface area contributed by atoms with Crippen molar-refractivity contribution in [1.29, 1.82) is 0 Å². The number of nitrogens with one attached hydrogen (secondary N) is 1. The highest BCUT2D eigenvalue weighted by molar-refractivity contribution is 7.53. The van der Waals surface area contributed by atoms with Crippen LogP contribution in [0.3, 0.4) is 0 Å². The van der Waals surface area contributed by atoms with Gasteiger partial charge in [-0.2, -0.15) is 0 Å². The Labute approximate surface area is 179 Å². The summed E-state index contributed by atoms with van der Waals surface area (Å²) < 4.78 is 33.2. The van der Waals surface area contributed by atoms with Gasteiger partial charge in [-0.3, -0.25) is 23.2 Å². The van der Waals surface area contributed by atoms with Crippen LogP contribution in [0.1, 0.15) is 6.42 Å². The molecule has 1 aromatic rings. The molecule has 2 amide bonds. The fraction of sp³-hybridized carbons (Fsp3) is 0.647. The second-order valence-corrected chi connectivity index (χ2v) is 9.27. The first-order chi connectivity index (χ1) is 14.6. The van der Waals surface area contributed by atoms with Crippen LogP contribution in [0.25, 0.3) is 0 Å². The summed E-state index contributed by atoms with van der Waals surface area (Å²) in [6.45, 7) is -0.248. The molecule has 0 saturated heterocycles. The van der Waals surface area contributed by atoms with Gasteiger partial charge in [-0.1, -0.05) is 0 Å². The van der Waals surface area contributed by atoms with Gasteiger partial charge in [-0.05, 0) is 6.42 Å². The number of hydrogen-bond acceptors (Lipinski definition) is 11. The first kappa shape index (κ1) is 24.6. The number of carbonyl (C=O) groups excluding carboxylic acids is 2. The molecule has 14 heteroatoms. The molecule has 1 N–H and O–H groups in total. The van der Waals surface area contributed by atoms with Gasteiger partial charge in [0.15, 0.2) is 0 Å². The molecule has 0 aliphatic carbocycles. The summed E-state index contributed by atoms with van der Waals surface area (Å²) in [7, 11) is 1.97. The largest absolute Gasteiger partial charge is 0.422 e. The molecule has 0 radical (unpaired) electrons. The van der Waals surface area contributed by atoms with Crippen LogP contribution in [-0.2, 0) is 23.1 Å². The summed E-state index contributed by atoms with van der Waals surface area (Å²) >= 11 is 0. The molecule has 1 heterocycles. The summed E-state index contributed by atoms with van der Waals surface area (Å²) in [5.74, 6) is 0. The normalized spacial score (nSPS) is 13.7. The van der Waals surface area contributed by atoms with Crippen LogP contribution in [0.4, 0.5) is 21.0 Å². The lowest BCUT2D eigenvalue weighted by Crippen LogP contribution is -2.42. The number of rotatable bonds is 9. The van der Waals surface area contributed by atoms with Gasteiger partial charge in [0.05, 0.1) is 6.16 Å². The fourth-order valence-corrected chi connectivity index (χ4v) is 3.89. The molecule has 0 bridgehead atoms. The zero-order chi connectivity index (χ0) is 23.2. The molecule has 0 aromatic heterocycles. The zero-order valence-electron chi connectivity index (χ0n) is 17.9. The molecule has 1 aliphatic rings. The minimum absolute atomic E-state index is 0.0695. The quantitative estimate of drug-likeness (QED) is 0.310. The molecule has 0 unspecified atom stereocenters. The van der Waals surface area contributed by atoms with E-state index in [0.29, 0.717) is 19.5 Å². The Hall–Kier alpha value is -2.63. The van der Waals surface area contributed by atoms with Gasteiger partial charge in [0.1, 0.15) is 11.4 Å². The van der Waals surface area contributed by atoms with E-state index in [1.807, 2.05) is 0 Å². The van der Waals surface area contributed by atoms with Crippen LogP contribution in [0, 0.1) is 0 Å². The molecule has 0 spiro atoms. The van der Waals surface area contributed by atoms with Gasteiger partial charge in [0.25, 0.3) is 10.9 Å². The number of nitrogens with zero attached hydrogens (tertiary/aromatic N) is 3. The highest BCUT2D eigenvalue weighted by Crippen LogP contribution is 2.48. The molecular formula is C17H27N4O9P. The van der Waals surface area contributed by atoms with Crippen molar-refractivity contribution in [3.05, 3.63) is 20.4 Å². The lowest BCUT2D eigenvalue weighted by atomic mass is 10.2. The number of fused-ring (bicyclic) bond motifs is 1. The summed E-state index contributed by atoms with van der Waals surface area (Å²) in [6.07, 6.45) is -0.972. The topological polar surface area (TPSA) is 144 Å². The summed E-state index contributed by atoms with van der Waals surface area (Å²) in [5.41, 5.74) is -0.698. The highest BCUT2D eigenvalue weighted by Gasteiger charge is 2.32. The standard InChI is InChI=1S/C17H27N4O9P/c1-19(2)16(24)27-10-29-31(26,30-11-28-17(25)20(3)4)9-8-21-7-5-6-18-12-13(21)15(23)14(12)22/h18H,5-11H2,1-4H3. The van der Waals surface area contributed by atoms with Crippen LogP contribution < -0.4 is 21.1 Å². The van der Waals surface area contributed by atoms with Crippen molar-refractivity contribution in [2.45, 2.75) is 6.42 Å². The lowest BCUT2D eigenvalue weighted by Gasteiger charge is -2.27. The Morgan fingerprint density at radius 2 is 1.55 bits per heavy atom. The van der Waals surface area contributed by atoms with Gasteiger partial charge >= 0.3 is 19.8 Å². The van der Waals surface area contributed by atoms with Crippen molar-refractivity contribution in [2.75, 3.05) is 77.8 Å². The third-order valence-electron chi connectivity index (χ3n) is 4.35. The number of carbonyl (C=O) groups is 2. The molecule has 2 rings (SSSR count). The van der Waals surface area contributed by atoms with E-state index >= 15 is 0 Å². The second-order valence-electron chi connectivity index (χ2n) is 7.09. The molecule has 1 aromatic carbocycles. The Balaban J connectivity index is 2.03. The van der Waals surface area contributed by atoms with E-state index in [2.05, 4.69) is 5.32 Å². The molecule has 0 atom stereocenters. The Kier molecular flexibility index (Phi) is 8.43. The average Bonchev–Trinajstić information content (AvgIpc) is 2.91. The van der Waals surface area contributed by atoms with Gasteiger partial charge in [0, 0.05) is 47.8 Å².